The number of aryl methyl sites for hydroxylation is 2. The summed E-state index contributed by atoms with van der Waals surface area (Å²) in [5.74, 6) is 0.973. The number of carbonyl (C=O) groups excluding carboxylic acids is 2. The van der Waals surface area contributed by atoms with Crippen molar-refractivity contribution in [2.75, 3.05) is 39.3 Å². The molecule has 5 nitrogen and oxygen atoms in total. The lowest BCUT2D eigenvalue weighted by molar-refractivity contribution is -0.133. The summed E-state index contributed by atoms with van der Waals surface area (Å²) in [6.45, 7) is 13.8. The number of carbonyl (C=O) groups is 2. The predicted molar refractivity (Wildman–Crippen MR) is 115 cm³/mol. The maximum atomic E-state index is 13.1. The Morgan fingerprint density at radius 1 is 1.10 bits per heavy atom. The number of benzene rings is 1. The van der Waals surface area contributed by atoms with Crippen LogP contribution < -0.4 is 5.32 Å². The van der Waals surface area contributed by atoms with Crippen LogP contribution in [0.3, 0.4) is 0 Å². The molecule has 1 unspecified atom stereocenters. The Labute approximate surface area is 174 Å². The lowest BCUT2D eigenvalue weighted by Crippen LogP contribution is -2.53. The average molecular weight is 398 g/mol. The zero-order valence-corrected chi connectivity index (χ0v) is 18.4. The highest BCUT2D eigenvalue weighted by atomic mass is 16.2. The van der Waals surface area contributed by atoms with Gasteiger partial charge in [-0.1, -0.05) is 19.9 Å². The minimum atomic E-state index is -0.266. The van der Waals surface area contributed by atoms with Crippen LogP contribution in [-0.4, -0.2) is 60.9 Å². The van der Waals surface area contributed by atoms with E-state index < -0.39 is 0 Å². The number of nitrogens with zero attached hydrogens (tertiary/aromatic N) is 2. The fourth-order valence-electron chi connectivity index (χ4n) is 5.99. The quantitative estimate of drug-likeness (QED) is 0.853. The summed E-state index contributed by atoms with van der Waals surface area (Å²) >= 11 is 0. The van der Waals surface area contributed by atoms with Crippen LogP contribution in [0.25, 0.3) is 0 Å². The van der Waals surface area contributed by atoms with Crippen LogP contribution in [0.15, 0.2) is 18.2 Å². The van der Waals surface area contributed by atoms with Crippen LogP contribution in [0, 0.1) is 30.6 Å². The second-order valence-electron chi connectivity index (χ2n) is 10.0. The molecule has 3 saturated heterocycles. The molecule has 1 atom stereocenters. The molecule has 4 rings (SSSR count). The monoisotopic (exact) mass is 397 g/mol. The van der Waals surface area contributed by atoms with E-state index in [1.807, 2.05) is 23.1 Å². The smallest absolute Gasteiger partial charge is 0.253 e. The van der Waals surface area contributed by atoms with Gasteiger partial charge >= 0.3 is 0 Å². The zero-order valence-electron chi connectivity index (χ0n) is 18.4. The molecule has 0 aliphatic carbocycles. The number of likely N-dealkylation sites (tertiary alicyclic amines) is 2. The number of hydrogen-bond donors (Lipinski definition) is 1. The lowest BCUT2D eigenvalue weighted by Gasteiger charge is -2.46. The zero-order chi connectivity index (χ0) is 20.8. The van der Waals surface area contributed by atoms with Crippen molar-refractivity contribution >= 4 is 11.8 Å². The van der Waals surface area contributed by atoms with E-state index in [4.69, 9.17) is 0 Å². The molecule has 1 aromatic carbocycles. The highest BCUT2D eigenvalue weighted by Crippen LogP contribution is 2.56. The normalized spacial score (nSPS) is 26.7. The van der Waals surface area contributed by atoms with E-state index in [-0.39, 0.29) is 22.6 Å². The lowest BCUT2D eigenvalue weighted by atomic mass is 9.60. The Bertz CT molecular complexity index is 810. The molecule has 3 aliphatic heterocycles. The van der Waals surface area contributed by atoms with E-state index in [9.17, 15) is 9.59 Å². The first-order valence-electron chi connectivity index (χ1n) is 11.1. The van der Waals surface area contributed by atoms with Crippen molar-refractivity contribution in [3.8, 4) is 0 Å². The Morgan fingerprint density at radius 2 is 1.83 bits per heavy atom. The molecule has 3 fully saturated rings. The van der Waals surface area contributed by atoms with Crippen LogP contribution >= 0.6 is 0 Å². The first-order chi connectivity index (χ1) is 13.8. The molecular weight excluding hydrogens is 362 g/mol. The average Bonchev–Trinajstić information content (AvgIpc) is 3.18. The van der Waals surface area contributed by atoms with Crippen molar-refractivity contribution in [1.29, 1.82) is 0 Å². The van der Waals surface area contributed by atoms with Gasteiger partial charge in [0.2, 0.25) is 5.91 Å². The molecule has 2 spiro atoms. The van der Waals surface area contributed by atoms with Crippen molar-refractivity contribution < 1.29 is 9.59 Å². The van der Waals surface area contributed by atoms with Gasteiger partial charge in [-0.2, -0.15) is 0 Å². The van der Waals surface area contributed by atoms with Gasteiger partial charge in [-0.05, 0) is 62.3 Å². The van der Waals surface area contributed by atoms with Crippen molar-refractivity contribution in [3.05, 3.63) is 34.9 Å². The number of nitrogens with one attached hydrogen (secondary N) is 1. The second-order valence-corrected chi connectivity index (χ2v) is 10.0. The Morgan fingerprint density at radius 3 is 2.41 bits per heavy atom. The Balaban J connectivity index is 1.52. The van der Waals surface area contributed by atoms with Gasteiger partial charge in [-0.3, -0.25) is 9.59 Å². The molecule has 1 N–H and O–H groups in total. The number of amides is 2. The summed E-state index contributed by atoms with van der Waals surface area (Å²) in [6.07, 6.45) is 2.78. The van der Waals surface area contributed by atoms with Crippen LogP contribution in [0.1, 0.15) is 54.6 Å². The van der Waals surface area contributed by atoms with Crippen LogP contribution in [0.5, 0.6) is 0 Å². The van der Waals surface area contributed by atoms with Gasteiger partial charge in [0.25, 0.3) is 5.91 Å². The maximum Gasteiger partial charge on any atom is 0.253 e. The van der Waals surface area contributed by atoms with Gasteiger partial charge in [-0.15, -0.1) is 0 Å². The third-order valence-electron chi connectivity index (χ3n) is 7.69. The Kier molecular flexibility index (Phi) is 5.22. The van der Waals surface area contributed by atoms with Gasteiger partial charge in [0.05, 0.1) is 5.41 Å². The molecule has 5 heteroatoms. The number of fused-ring (bicyclic) bond motifs is 1. The molecule has 1 aromatic rings. The summed E-state index contributed by atoms with van der Waals surface area (Å²) in [4.78, 5) is 30.6. The fourth-order valence-corrected chi connectivity index (χ4v) is 5.99. The van der Waals surface area contributed by atoms with Gasteiger partial charge in [0.1, 0.15) is 0 Å². The number of hydrogen-bond acceptors (Lipinski definition) is 3. The summed E-state index contributed by atoms with van der Waals surface area (Å²) < 4.78 is 0. The van der Waals surface area contributed by atoms with E-state index >= 15 is 0 Å². The molecule has 3 heterocycles. The topological polar surface area (TPSA) is 52.7 Å². The largest absolute Gasteiger partial charge is 0.356 e. The van der Waals surface area contributed by atoms with E-state index in [1.54, 1.807) is 0 Å². The molecule has 2 amide bonds. The van der Waals surface area contributed by atoms with E-state index in [1.165, 1.54) is 5.56 Å². The van der Waals surface area contributed by atoms with Crippen molar-refractivity contribution in [2.24, 2.45) is 16.7 Å². The van der Waals surface area contributed by atoms with E-state index in [2.05, 4.69) is 37.9 Å². The Hall–Kier alpha value is -1.88. The van der Waals surface area contributed by atoms with Crippen molar-refractivity contribution in [3.63, 3.8) is 0 Å². The minimum absolute atomic E-state index is 0.00243. The first kappa shape index (κ1) is 20.4. The maximum absolute atomic E-state index is 13.1. The molecule has 0 saturated carbocycles. The SMILES string of the molecule is Cc1ccc(C(=O)N2CCC3(CC2)CN(CC(C)C)CC32CCNC2=O)cc1C. The van der Waals surface area contributed by atoms with Crippen LogP contribution in [-0.2, 0) is 4.79 Å². The van der Waals surface area contributed by atoms with Gasteiger partial charge in [-0.25, -0.2) is 0 Å². The third-order valence-corrected chi connectivity index (χ3v) is 7.69. The first-order valence-corrected chi connectivity index (χ1v) is 11.1. The van der Waals surface area contributed by atoms with Crippen molar-refractivity contribution in [2.45, 2.75) is 47.0 Å². The number of piperidine rings is 1. The summed E-state index contributed by atoms with van der Waals surface area (Å²) in [5.41, 5.74) is 2.89. The molecule has 3 aliphatic rings. The number of rotatable bonds is 3. The van der Waals surface area contributed by atoms with Gasteiger partial charge in [0.15, 0.2) is 0 Å². The highest BCUT2D eigenvalue weighted by Gasteiger charge is 2.63. The molecule has 0 aromatic heterocycles. The van der Waals surface area contributed by atoms with E-state index in [0.717, 1.165) is 69.7 Å². The standard InChI is InChI=1S/C24H35N3O2/c1-17(2)14-26-15-23(24(16-26)7-10-25-22(24)29)8-11-27(12-9-23)21(28)20-6-5-18(3)19(4)13-20/h5-6,13,17H,7-12,14-16H2,1-4H3,(H,25,29). The van der Waals surface area contributed by atoms with Gasteiger partial charge in [0, 0.05) is 50.2 Å². The summed E-state index contributed by atoms with van der Waals surface area (Å²) in [5, 5.41) is 3.12. The summed E-state index contributed by atoms with van der Waals surface area (Å²) in [7, 11) is 0. The second kappa shape index (κ2) is 7.42. The predicted octanol–water partition coefficient (Wildman–Crippen LogP) is 3.00. The highest BCUT2D eigenvalue weighted by molar-refractivity contribution is 5.94. The fraction of sp³-hybridized carbons (Fsp3) is 0.667. The molecule has 0 bridgehead atoms. The minimum Gasteiger partial charge on any atom is -0.356 e. The summed E-state index contributed by atoms with van der Waals surface area (Å²) in [6, 6.07) is 5.99. The van der Waals surface area contributed by atoms with Crippen LogP contribution in [0.4, 0.5) is 0 Å². The molecule has 158 valence electrons. The van der Waals surface area contributed by atoms with E-state index in [0.29, 0.717) is 5.92 Å². The molecular formula is C24H35N3O2. The van der Waals surface area contributed by atoms with Crippen LogP contribution in [0.2, 0.25) is 0 Å². The third kappa shape index (κ3) is 3.37. The van der Waals surface area contributed by atoms with Gasteiger partial charge < -0.3 is 15.1 Å². The molecule has 29 heavy (non-hydrogen) atoms. The molecule has 0 radical (unpaired) electrons. The van der Waals surface area contributed by atoms with Crippen molar-refractivity contribution in [1.82, 2.24) is 15.1 Å².